The quantitative estimate of drug-likeness (QED) is 0.752. The molecule has 0 N–H and O–H groups in total. The molecule has 0 fully saturated rings. The number of hydrogen-bond donors (Lipinski definition) is 0. The monoisotopic (exact) mass is 240 g/mol. The summed E-state index contributed by atoms with van der Waals surface area (Å²) in [5.74, 6) is 1.06. The van der Waals surface area contributed by atoms with E-state index in [1.807, 2.05) is 10.7 Å². The van der Waals surface area contributed by atoms with Crippen molar-refractivity contribution in [1.29, 1.82) is 0 Å². The highest BCUT2D eigenvalue weighted by molar-refractivity contribution is 7.99. The van der Waals surface area contributed by atoms with Crippen molar-refractivity contribution in [3.63, 3.8) is 0 Å². The van der Waals surface area contributed by atoms with Crippen LogP contribution in [0.3, 0.4) is 0 Å². The Morgan fingerprint density at radius 3 is 3.20 bits per heavy atom. The summed E-state index contributed by atoms with van der Waals surface area (Å²) < 4.78 is 1.85. The molecule has 2 rings (SSSR count). The van der Waals surface area contributed by atoms with Crippen molar-refractivity contribution in [3.05, 3.63) is 22.4 Å². The second kappa shape index (κ2) is 5.27. The SMILES string of the molecule is CCCSc1nnnn1Cc1cccs1. The molecule has 4 nitrogen and oxygen atoms in total. The summed E-state index contributed by atoms with van der Waals surface area (Å²) >= 11 is 3.44. The van der Waals surface area contributed by atoms with Crippen LogP contribution in [0.1, 0.15) is 18.2 Å². The maximum absolute atomic E-state index is 4.00. The average Bonchev–Trinajstić information content (AvgIpc) is 2.87. The Balaban J connectivity index is 2.04. The lowest BCUT2D eigenvalue weighted by Crippen LogP contribution is -2.02. The van der Waals surface area contributed by atoms with Crippen molar-refractivity contribution in [2.75, 3.05) is 5.75 Å². The highest BCUT2D eigenvalue weighted by Crippen LogP contribution is 2.17. The number of tetrazole rings is 1. The Kier molecular flexibility index (Phi) is 3.74. The number of thiophene rings is 1. The van der Waals surface area contributed by atoms with Gasteiger partial charge in [0.15, 0.2) is 0 Å². The number of rotatable bonds is 5. The molecule has 0 amide bonds. The highest BCUT2D eigenvalue weighted by atomic mass is 32.2. The summed E-state index contributed by atoms with van der Waals surface area (Å²) in [6, 6.07) is 4.14. The van der Waals surface area contributed by atoms with Gasteiger partial charge in [-0.2, -0.15) is 0 Å². The van der Waals surface area contributed by atoms with Crippen LogP contribution in [-0.2, 0) is 6.54 Å². The predicted molar refractivity (Wildman–Crippen MR) is 62.3 cm³/mol. The lowest BCUT2D eigenvalue weighted by molar-refractivity contribution is 0.608. The van der Waals surface area contributed by atoms with Crippen LogP contribution in [0, 0.1) is 0 Å². The summed E-state index contributed by atoms with van der Waals surface area (Å²) in [6.45, 7) is 2.93. The van der Waals surface area contributed by atoms with E-state index in [1.165, 1.54) is 4.88 Å². The molecule has 2 aromatic rings. The number of aromatic nitrogens is 4. The van der Waals surface area contributed by atoms with E-state index in [1.54, 1.807) is 23.1 Å². The fourth-order valence-electron chi connectivity index (χ4n) is 1.14. The Morgan fingerprint density at radius 1 is 1.53 bits per heavy atom. The zero-order chi connectivity index (χ0) is 10.5. The highest BCUT2D eigenvalue weighted by Gasteiger charge is 2.06. The van der Waals surface area contributed by atoms with Gasteiger partial charge in [0.1, 0.15) is 0 Å². The maximum Gasteiger partial charge on any atom is 0.209 e. The van der Waals surface area contributed by atoms with Crippen LogP contribution in [0.4, 0.5) is 0 Å². The molecule has 0 spiro atoms. The van der Waals surface area contributed by atoms with Gasteiger partial charge in [0.25, 0.3) is 0 Å². The second-order valence-corrected chi connectivity index (χ2v) is 5.14. The molecule has 15 heavy (non-hydrogen) atoms. The Labute approximate surface area is 96.7 Å². The minimum absolute atomic E-state index is 0.775. The first-order valence-electron chi connectivity index (χ1n) is 4.81. The Hall–Kier alpha value is -0.880. The van der Waals surface area contributed by atoms with Gasteiger partial charge in [0.05, 0.1) is 6.54 Å². The van der Waals surface area contributed by atoms with E-state index in [4.69, 9.17) is 0 Å². The van der Waals surface area contributed by atoms with Gasteiger partial charge in [-0.3, -0.25) is 0 Å². The van der Waals surface area contributed by atoms with Crippen LogP contribution in [0.25, 0.3) is 0 Å². The number of thioether (sulfide) groups is 1. The average molecular weight is 240 g/mol. The molecule has 0 atom stereocenters. The van der Waals surface area contributed by atoms with Crippen molar-refractivity contribution in [2.24, 2.45) is 0 Å². The topological polar surface area (TPSA) is 43.6 Å². The van der Waals surface area contributed by atoms with Gasteiger partial charge < -0.3 is 0 Å². The molecule has 0 aliphatic heterocycles. The van der Waals surface area contributed by atoms with Crippen molar-refractivity contribution >= 4 is 23.1 Å². The van der Waals surface area contributed by atoms with Gasteiger partial charge in [-0.1, -0.05) is 24.8 Å². The summed E-state index contributed by atoms with van der Waals surface area (Å²) in [7, 11) is 0. The Morgan fingerprint density at radius 2 is 2.47 bits per heavy atom. The third kappa shape index (κ3) is 2.79. The van der Waals surface area contributed by atoms with Crippen LogP contribution in [0.5, 0.6) is 0 Å². The summed E-state index contributed by atoms with van der Waals surface area (Å²) in [6.07, 6.45) is 1.14. The normalized spacial score (nSPS) is 10.7. The molecule has 0 bridgehead atoms. The molecule has 0 aromatic carbocycles. The van der Waals surface area contributed by atoms with E-state index in [0.717, 1.165) is 23.9 Å². The molecule has 0 saturated carbocycles. The van der Waals surface area contributed by atoms with E-state index in [-0.39, 0.29) is 0 Å². The molecule has 80 valence electrons. The summed E-state index contributed by atoms with van der Waals surface area (Å²) in [4.78, 5) is 1.28. The third-order valence-corrected chi connectivity index (χ3v) is 3.84. The van der Waals surface area contributed by atoms with Crippen molar-refractivity contribution in [1.82, 2.24) is 20.2 Å². The molecule has 6 heteroatoms. The molecule has 0 aliphatic carbocycles. The van der Waals surface area contributed by atoms with E-state index >= 15 is 0 Å². The smallest absolute Gasteiger partial charge is 0.209 e. The van der Waals surface area contributed by atoms with Gasteiger partial charge in [0.2, 0.25) is 5.16 Å². The van der Waals surface area contributed by atoms with Crippen molar-refractivity contribution in [2.45, 2.75) is 25.0 Å². The molecule has 0 unspecified atom stereocenters. The molecular weight excluding hydrogens is 228 g/mol. The molecule has 0 radical (unpaired) electrons. The van der Waals surface area contributed by atoms with Gasteiger partial charge in [-0.25, -0.2) is 4.68 Å². The summed E-state index contributed by atoms with van der Waals surface area (Å²) in [5, 5.41) is 14.7. The van der Waals surface area contributed by atoms with Crippen LogP contribution < -0.4 is 0 Å². The van der Waals surface area contributed by atoms with Crippen LogP contribution in [0.15, 0.2) is 22.7 Å². The zero-order valence-electron chi connectivity index (χ0n) is 8.46. The lowest BCUT2D eigenvalue weighted by atomic mass is 10.5. The first kappa shape index (κ1) is 10.6. The minimum atomic E-state index is 0.775. The van der Waals surface area contributed by atoms with E-state index < -0.39 is 0 Å². The van der Waals surface area contributed by atoms with Gasteiger partial charge in [-0.05, 0) is 28.3 Å². The van der Waals surface area contributed by atoms with Gasteiger partial charge in [0, 0.05) is 10.6 Å². The van der Waals surface area contributed by atoms with Crippen LogP contribution in [-0.4, -0.2) is 26.0 Å². The van der Waals surface area contributed by atoms with E-state index in [9.17, 15) is 0 Å². The molecule has 2 aromatic heterocycles. The summed E-state index contributed by atoms with van der Waals surface area (Å²) in [5.41, 5.74) is 0. The number of hydrogen-bond acceptors (Lipinski definition) is 5. The molecular formula is C9H12N4S2. The number of nitrogens with zero attached hydrogens (tertiary/aromatic N) is 4. The fraction of sp³-hybridized carbons (Fsp3) is 0.444. The lowest BCUT2D eigenvalue weighted by Gasteiger charge is -2.00. The minimum Gasteiger partial charge on any atom is -0.215 e. The zero-order valence-corrected chi connectivity index (χ0v) is 10.1. The van der Waals surface area contributed by atoms with Gasteiger partial charge in [-0.15, -0.1) is 16.4 Å². The first-order chi connectivity index (χ1) is 7.40. The molecule has 0 aliphatic rings. The van der Waals surface area contributed by atoms with Crippen LogP contribution in [0.2, 0.25) is 0 Å². The maximum atomic E-state index is 4.00. The third-order valence-electron chi connectivity index (χ3n) is 1.82. The van der Waals surface area contributed by atoms with E-state index in [0.29, 0.717) is 0 Å². The molecule has 0 saturated heterocycles. The van der Waals surface area contributed by atoms with Crippen LogP contribution >= 0.6 is 23.1 Å². The predicted octanol–water partition coefficient (Wildman–Crippen LogP) is 2.29. The largest absolute Gasteiger partial charge is 0.215 e. The first-order valence-corrected chi connectivity index (χ1v) is 6.68. The van der Waals surface area contributed by atoms with Crippen molar-refractivity contribution < 1.29 is 0 Å². The van der Waals surface area contributed by atoms with Crippen molar-refractivity contribution in [3.8, 4) is 0 Å². The second-order valence-electron chi connectivity index (χ2n) is 3.05. The van der Waals surface area contributed by atoms with E-state index in [2.05, 4.69) is 33.9 Å². The van der Waals surface area contributed by atoms with Gasteiger partial charge >= 0.3 is 0 Å². The standard InChI is InChI=1S/C9H12N4S2/c1-2-5-15-9-10-11-12-13(9)7-8-4-3-6-14-8/h3-4,6H,2,5,7H2,1H3. The Bertz CT molecular complexity index is 396. The molecule has 2 heterocycles. The fourth-order valence-corrected chi connectivity index (χ4v) is 2.56.